The number of halogens is 1. The number of nitrogens with zero attached hydrogens (tertiary/aromatic N) is 4. The van der Waals surface area contributed by atoms with Crippen molar-refractivity contribution in [1.29, 1.82) is 0 Å². The fourth-order valence-electron chi connectivity index (χ4n) is 2.36. The molecule has 0 aliphatic heterocycles. The van der Waals surface area contributed by atoms with E-state index in [4.69, 9.17) is 11.6 Å². The van der Waals surface area contributed by atoms with Crippen LogP contribution in [0, 0.1) is 0 Å². The summed E-state index contributed by atoms with van der Waals surface area (Å²) in [5, 5.41) is 17.2. The molecule has 2 amide bonds. The monoisotopic (exact) mass is 450 g/mol. The quantitative estimate of drug-likeness (QED) is 0.511. The molecule has 8 nitrogen and oxygen atoms in total. The Morgan fingerprint density at radius 2 is 2.03 bits per heavy atom. The number of thiazole rings is 1. The lowest BCUT2D eigenvalue weighted by Crippen LogP contribution is -2.26. The average molecular weight is 451 g/mol. The van der Waals surface area contributed by atoms with Crippen molar-refractivity contribution in [2.75, 3.05) is 11.9 Å². The molecule has 0 saturated heterocycles. The number of amides is 2. The van der Waals surface area contributed by atoms with Crippen molar-refractivity contribution < 1.29 is 9.59 Å². The van der Waals surface area contributed by atoms with E-state index in [9.17, 15) is 9.59 Å². The van der Waals surface area contributed by atoms with Crippen LogP contribution in [0.4, 0.5) is 5.13 Å². The number of hydrogen-bond donors (Lipinski definition) is 2. The van der Waals surface area contributed by atoms with Gasteiger partial charge in [0.1, 0.15) is 5.82 Å². The van der Waals surface area contributed by atoms with Crippen LogP contribution in [0.2, 0.25) is 5.02 Å². The van der Waals surface area contributed by atoms with Crippen LogP contribution in [0.5, 0.6) is 0 Å². The zero-order chi connectivity index (χ0) is 20.8. The molecule has 3 rings (SSSR count). The summed E-state index contributed by atoms with van der Waals surface area (Å²) >= 11 is 8.51. The van der Waals surface area contributed by atoms with Gasteiger partial charge < -0.3 is 15.2 Å². The van der Waals surface area contributed by atoms with Gasteiger partial charge in [-0.15, -0.1) is 21.5 Å². The first kappa shape index (κ1) is 21.3. The molecule has 0 saturated carbocycles. The summed E-state index contributed by atoms with van der Waals surface area (Å²) < 4.78 is 1.83. The summed E-state index contributed by atoms with van der Waals surface area (Å²) in [6.07, 6.45) is 2.15. The SMILES string of the molecule is C[C@@H](Sc1nnc(CCNC(=O)c2ccc(Cl)cc2)n1C)C(=O)Nc1nccs1. The molecule has 0 unspecified atom stereocenters. The van der Waals surface area contributed by atoms with Crippen molar-refractivity contribution >= 4 is 51.6 Å². The average Bonchev–Trinajstić information content (AvgIpc) is 3.33. The number of hydrogen-bond acceptors (Lipinski definition) is 7. The second kappa shape index (κ2) is 9.86. The van der Waals surface area contributed by atoms with Gasteiger partial charge in [0.05, 0.1) is 5.25 Å². The van der Waals surface area contributed by atoms with E-state index in [1.54, 1.807) is 42.8 Å². The Morgan fingerprint density at radius 1 is 1.28 bits per heavy atom. The Kier molecular flexibility index (Phi) is 7.24. The Bertz CT molecular complexity index is 975. The van der Waals surface area contributed by atoms with E-state index in [0.717, 1.165) is 5.82 Å². The molecule has 29 heavy (non-hydrogen) atoms. The Morgan fingerprint density at radius 3 is 2.72 bits per heavy atom. The van der Waals surface area contributed by atoms with Crippen LogP contribution in [0.15, 0.2) is 41.0 Å². The molecular weight excluding hydrogens is 432 g/mol. The fraction of sp³-hybridized carbons (Fsp3) is 0.278. The largest absolute Gasteiger partial charge is 0.352 e. The minimum Gasteiger partial charge on any atom is -0.352 e. The maximum absolute atomic E-state index is 12.3. The van der Waals surface area contributed by atoms with Crippen LogP contribution in [0.1, 0.15) is 23.1 Å². The van der Waals surface area contributed by atoms with Crippen LogP contribution in [-0.4, -0.2) is 43.4 Å². The molecule has 0 radical (unpaired) electrons. The normalized spacial score (nSPS) is 11.8. The third-order valence-electron chi connectivity index (χ3n) is 3.98. The highest BCUT2D eigenvalue weighted by Crippen LogP contribution is 2.23. The van der Waals surface area contributed by atoms with Crippen molar-refractivity contribution in [2.45, 2.75) is 23.8 Å². The van der Waals surface area contributed by atoms with Gasteiger partial charge in [-0.3, -0.25) is 9.59 Å². The zero-order valence-corrected chi connectivity index (χ0v) is 18.1. The Hall–Kier alpha value is -2.43. The van der Waals surface area contributed by atoms with E-state index in [-0.39, 0.29) is 17.1 Å². The van der Waals surface area contributed by atoms with Crippen LogP contribution in [0.25, 0.3) is 0 Å². The summed E-state index contributed by atoms with van der Waals surface area (Å²) in [6.45, 7) is 2.21. The molecule has 3 aromatic rings. The summed E-state index contributed by atoms with van der Waals surface area (Å²) in [4.78, 5) is 28.4. The third-order valence-corrected chi connectivity index (χ3v) is 6.05. The smallest absolute Gasteiger partial charge is 0.251 e. The lowest BCUT2D eigenvalue weighted by Gasteiger charge is -2.10. The number of rotatable bonds is 8. The number of benzene rings is 1. The highest BCUT2D eigenvalue weighted by atomic mass is 35.5. The predicted octanol–water partition coefficient (Wildman–Crippen LogP) is 3.02. The van der Waals surface area contributed by atoms with Crippen molar-refractivity contribution in [2.24, 2.45) is 7.05 Å². The molecule has 152 valence electrons. The Labute approximate surface area is 181 Å². The highest BCUT2D eigenvalue weighted by molar-refractivity contribution is 8.00. The molecular formula is C18H19ClN6O2S2. The third kappa shape index (κ3) is 5.78. The molecule has 11 heteroatoms. The molecule has 0 bridgehead atoms. The van der Waals surface area contributed by atoms with Gasteiger partial charge in [0.15, 0.2) is 10.3 Å². The summed E-state index contributed by atoms with van der Waals surface area (Å²) in [6, 6.07) is 6.70. The second-order valence-electron chi connectivity index (χ2n) is 6.06. The van der Waals surface area contributed by atoms with Gasteiger partial charge in [-0.25, -0.2) is 4.98 Å². The maximum Gasteiger partial charge on any atom is 0.251 e. The van der Waals surface area contributed by atoms with E-state index >= 15 is 0 Å². The first-order chi connectivity index (χ1) is 13.9. The Balaban J connectivity index is 1.50. The second-order valence-corrected chi connectivity index (χ2v) is 8.70. The lowest BCUT2D eigenvalue weighted by molar-refractivity contribution is -0.115. The van der Waals surface area contributed by atoms with Crippen LogP contribution in [0.3, 0.4) is 0 Å². The lowest BCUT2D eigenvalue weighted by atomic mass is 10.2. The van der Waals surface area contributed by atoms with Crippen LogP contribution < -0.4 is 10.6 Å². The number of anilines is 1. The summed E-state index contributed by atoms with van der Waals surface area (Å²) in [7, 11) is 1.84. The van der Waals surface area contributed by atoms with E-state index < -0.39 is 0 Å². The van der Waals surface area contributed by atoms with Crippen molar-refractivity contribution in [1.82, 2.24) is 25.1 Å². The number of carbonyl (C=O) groups excluding carboxylic acids is 2. The van der Waals surface area contributed by atoms with E-state index in [1.165, 1.54) is 23.1 Å². The molecule has 1 atom stereocenters. The van der Waals surface area contributed by atoms with Crippen molar-refractivity contribution in [3.05, 3.63) is 52.3 Å². The van der Waals surface area contributed by atoms with E-state index in [1.807, 2.05) is 11.6 Å². The number of carbonyl (C=O) groups is 2. The predicted molar refractivity (Wildman–Crippen MR) is 115 cm³/mol. The number of aromatic nitrogens is 4. The van der Waals surface area contributed by atoms with Gasteiger partial charge in [-0.1, -0.05) is 23.4 Å². The van der Waals surface area contributed by atoms with Crippen molar-refractivity contribution in [3.8, 4) is 0 Å². The first-order valence-electron chi connectivity index (χ1n) is 8.73. The standard InChI is InChI=1S/C18H19ClN6O2S2/c1-11(15(26)22-17-21-9-10-28-17)29-18-24-23-14(25(18)2)7-8-20-16(27)12-3-5-13(19)6-4-12/h3-6,9-11H,7-8H2,1-2H3,(H,20,27)(H,21,22,26)/t11-/m1/s1. The number of thioether (sulfide) groups is 1. The molecule has 0 aliphatic rings. The van der Waals surface area contributed by atoms with E-state index in [0.29, 0.717) is 33.8 Å². The topological polar surface area (TPSA) is 102 Å². The van der Waals surface area contributed by atoms with Gasteiger partial charge in [0, 0.05) is 42.2 Å². The molecule has 0 spiro atoms. The molecule has 1 aromatic carbocycles. The minimum atomic E-state index is -0.362. The van der Waals surface area contributed by atoms with Crippen LogP contribution in [-0.2, 0) is 18.3 Å². The summed E-state index contributed by atoms with van der Waals surface area (Å²) in [5.74, 6) is 0.395. The van der Waals surface area contributed by atoms with Gasteiger partial charge in [-0.05, 0) is 31.2 Å². The van der Waals surface area contributed by atoms with Crippen LogP contribution >= 0.6 is 34.7 Å². The van der Waals surface area contributed by atoms with E-state index in [2.05, 4.69) is 25.8 Å². The van der Waals surface area contributed by atoms with Gasteiger partial charge in [0.2, 0.25) is 5.91 Å². The number of nitrogens with one attached hydrogen (secondary N) is 2. The summed E-state index contributed by atoms with van der Waals surface area (Å²) in [5.41, 5.74) is 0.545. The first-order valence-corrected chi connectivity index (χ1v) is 10.9. The fourth-order valence-corrected chi connectivity index (χ4v) is 3.85. The van der Waals surface area contributed by atoms with Crippen molar-refractivity contribution in [3.63, 3.8) is 0 Å². The minimum absolute atomic E-state index is 0.148. The zero-order valence-electron chi connectivity index (χ0n) is 15.8. The maximum atomic E-state index is 12.3. The molecule has 2 heterocycles. The van der Waals surface area contributed by atoms with Gasteiger partial charge in [0.25, 0.3) is 5.91 Å². The molecule has 2 aromatic heterocycles. The van der Waals surface area contributed by atoms with Gasteiger partial charge >= 0.3 is 0 Å². The highest BCUT2D eigenvalue weighted by Gasteiger charge is 2.19. The molecule has 0 aliphatic carbocycles. The molecule has 0 fully saturated rings. The van der Waals surface area contributed by atoms with Gasteiger partial charge in [-0.2, -0.15) is 0 Å². The molecule has 2 N–H and O–H groups in total.